The van der Waals surface area contributed by atoms with Crippen molar-refractivity contribution in [2.45, 2.75) is 57.4 Å². The molecule has 1 N–H and O–H groups in total. The summed E-state index contributed by atoms with van der Waals surface area (Å²) in [6, 6.07) is 2.80. The number of nitrogens with zero attached hydrogens (tertiary/aromatic N) is 4. The molecule has 2 amide bonds. The molecule has 1 atom stereocenters. The lowest BCUT2D eigenvalue weighted by atomic mass is 9.93. The molecule has 2 aliphatic carbocycles. The van der Waals surface area contributed by atoms with Gasteiger partial charge in [-0.15, -0.1) is 0 Å². The van der Waals surface area contributed by atoms with Crippen molar-refractivity contribution in [1.82, 2.24) is 25.3 Å². The van der Waals surface area contributed by atoms with Gasteiger partial charge in [0.15, 0.2) is 0 Å². The summed E-state index contributed by atoms with van der Waals surface area (Å²) in [5.74, 6) is 1.14. The van der Waals surface area contributed by atoms with Crippen LogP contribution < -0.4 is 5.32 Å². The lowest BCUT2D eigenvalue weighted by Gasteiger charge is -2.33. The van der Waals surface area contributed by atoms with Crippen LogP contribution in [0.2, 0.25) is 0 Å². The van der Waals surface area contributed by atoms with Crippen LogP contribution in [0.15, 0.2) is 22.9 Å². The van der Waals surface area contributed by atoms with Gasteiger partial charge >= 0.3 is 0 Å². The van der Waals surface area contributed by atoms with Crippen molar-refractivity contribution >= 4 is 11.8 Å². The van der Waals surface area contributed by atoms with E-state index >= 15 is 0 Å². The monoisotopic (exact) mass is 395 g/mol. The standard InChI is InChI=1S/C21H25N5O3/c1-13(20(28)26-10-8-21(6-7-21)9-11-26)23-18(27)15-4-5-16(22-12-15)17-24-19(29-25-17)14-2-3-14/h4-5,12-14H,2-3,6-11H2,1H3,(H,23,27)/t13-/m0/s1. The summed E-state index contributed by atoms with van der Waals surface area (Å²) in [4.78, 5) is 35.7. The second-order valence-corrected chi connectivity index (χ2v) is 8.68. The van der Waals surface area contributed by atoms with Crippen molar-refractivity contribution in [3.63, 3.8) is 0 Å². The largest absolute Gasteiger partial charge is 0.341 e. The van der Waals surface area contributed by atoms with Crippen LogP contribution >= 0.6 is 0 Å². The van der Waals surface area contributed by atoms with Gasteiger partial charge in [0.25, 0.3) is 5.91 Å². The van der Waals surface area contributed by atoms with Crippen molar-refractivity contribution < 1.29 is 14.1 Å². The highest BCUT2D eigenvalue weighted by Crippen LogP contribution is 2.53. The molecule has 2 saturated carbocycles. The topological polar surface area (TPSA) is 101 Å². The Bertz CT molecular complexity index is 920. The Balaban J connectivity index is 1.18. The fraction of sp³-hybridized carbons (Fsp3) is 0.571. The van der Waals surface area contributed by atoms with Crippen LogP contribution in [0.1, 0.15) is 67.6 Å². The molecule has 29 heavy (non-hydrogen) atoms. The average molecular weight is 395 g/mol. The minimum absolute atomic E-state index is 0.0159. The summed E-state index contributed by atoms with van der Waals surface area (Å²) in [5, 5.41) is 6.76. The number of likely N-dealkylation sites (tertiary alicyclic amines) is 1. The number of rotatable bonds is 5. The quantitative estimate of drug-likeness (QED) is 0.835. The second-order valence-electron chi connectivity index (χ2n) is 8.68. The highest BCUT2D eigenvalue weighted by molar-refractivity contribution is 5.97. The van der Waals surface area contributed by atoms with Crippen molar-refractivity contribution in [3.8, 4) is 11.5 Å². The Hall–Kier alpha value is -2.77. The summed E-state index contributed by atoms with van der Waals surface area (Å²) in [6.07, 6.45) is 8.43. The van der Waals surface area contributed by atoms with Crippen molar-refractivity contribution in [1.29, 1.82) is 0 Å². The first-order valence-electron chi connectivity index (χ1n) is 10.4. The Morgan fingerprint density at radius 3 is 2.59 bits per heavy atom. The molecule has 0 aromatic carbocycles. The zero-order chi connectivity index (χ0) is 20.0. The number of nitrogens with one attached hydrogen (secondary N) is 1. The van der Waals surface area contributed by atoms with E-state index in [0.29, 0.717) is 34.3 Å². The number of hydrogen-bond acceptors (Lipinski definition) is 6. The molecule has 8 heteroatoms. The van der Waals surface area contributed by atoms with Crippen LogP contribution in [0.3, 0.4) is 0 Å². The maximum absolute atomic E-state index is 12.7. The van der Waals surface area contributed by atoms with E-state index in [1.807, 2.05) is 4.90 Å². The molecule has 3 fully saturated rings. The van der Waals surface area contributed by atoms with Crippen molar-refractivity contribution in [2.24, 2.45) is 5.41 Å². The second kappa shape index (κ2) is 6.93. The molecule has 0 unspecified atom stereocenters. The lowest BCUT2D eigenvalue weighted by Crippen LogP contribution is -2.49. The van der Waals surface area contributed by atoms with Crippen molar-refractivity contribution in [3.05, 3.63) is 29.8 Å². The van der Waals surface area contributed by atoms with E-state index in [-0.39, 0.29) is 11.8 Å². The number of carbonyl (C=O) groups is 2. The van der Waals surface area contributed by atoms with E-state index in [0.717, 1.165) is 38.8 Å². The van der Waals surface area contributed by atoms with Crippen LogP contribution in [0.4, 0.5) is 0 Å². The fourth-order valence-corrected chi connectivity index (χ4v) is 3.99. The molecule has 2 aromatic rings. The van der Waals surface area contributed by atoms with Gasteiger partial charge in [0.05, 0.1) is 5.56 Å². The Kier molecular flexibility index (Phi) is 4.37. The summed E-state index contributed by atoms with van der Waals surface area (Å²) in [6.45, 7) is 3.33. The first-order valence-corrected chi connectivity index (χ1v) is 10.4. The molecule has 0 radical (unpaired) electrons. The summed E-state index contributed by atoms with van der Waals surface area (Å²) in [5.41, 5.74) is 1.48. The predicted molar refractivity (Wildman–Crippen MR) is 104 cm³/mol. The van der Waals surface area contributed by atoms with E-state index < -0.39 is 6.04 Å². The molecule has 1 saturated heterocycles. The van der Waals surface area contributed by atoms with E-state index in [1.165, 1.54) is 19.0 Å². The average Bonchev–Trinajstić information content (AvgIpc) is 3.68. The lowest BCUT2D eigenvalue weighted by molar-refractivity contribution is -0.134. The number of pyridine rings is 1. The molecule has 3 aliphatic rings. The number of hydrogen-bond donors (Lipinski definition) is 1. The van der Waals surface area contributed by atoms with Gasteiger partial charge in [-0.1, -0.05) is 5.16 Å². The zero-order valence-corrected chi connectivity index (χ0v) is 16.6. The minimum Gasteiger partial charge on any atom is -0.341 e. The molecule has 152 valence electrons. The van der Waals surface area contributed by atoms with Gasteiger partial charge in [-0.3, -0.25) is 14.6 Å². The first kappa shape index (κ1) is 18.3. The van der Waals surface area contributed by atoms with Gasteiger partial charge in [0.1, 0.15) is 11.7 Å². The third-order valence-corrected chi connectivity index (χ3v) is 6.43. The molecule has 5 rings (SSSR count). The van der Waals surface area contributed by atoms with Crippen LogP contribution in [0, 0.1) is 5.41 Å². The molecule has 8 nitrogen and oxygen atoms in total. The van der Waals surface area contributed by atoms with Crippen LogP contribution in [0.5, 0.6) is 0 Å². The van der Waals surface area contributed by atoms with E-state index in [2.05, 4.69) is 20.4 Å². The SMILES string of the molecule is C[C@H](NC(=O)c1ccc(-c2noc(C3CC3)n2)nc1)C(=O)N1CCC2(CC1)CC2. The molecular formula is C21H25N5O3. The first-order chi connectivity index (χ1) is 14.0. The number of aromatic nitrogens is 3. The number of carbonyl (C=O) groups excluding carboxylic acids is 2. The van der Waals surface area contributed by atoms with E-state index in [1.54, 1.807) is 19.1 Å². The molecule has 3 heterocycles. The summed E-state index contributed by atoms with van der Waals surface area (Å²) in [7, 11) is 0. The van der Waals surface area contributed by atoms with Crippen LogP contribution in [-0.2, 0) is 4.79 Å². The van der Waals surface area contributed by atoms with E-state index in [4.69, 9.17) is 4.52 Å². The highest BCUT2D eigenvalue weighted by Gasteiger charge is 2.45. The summed E-state index contributed by atoms with van der Waals surface area (Å²) >= 11 is 0. The van der Waals surface area contributed by atoms with Crippen LogP contribution in [0.25, 0.3) is 11.5 Å². The molecule has 0 bridgehead atoms. The zero-order valence-electron chi connectivity index (χ0n) is 16.6. The maximum Gasteiger partial charge on any atom is 0.253 e. The molecule has 2 aromatic heterocycles. The normalized spacial score (nSPS) is 21.1. The Morgan fingerprint density at radius 1 is 1.21 bits per heavy atom. The summed E-state index contributed by atoms with van der Waals surface area (Å²) < 4.78 is 5.25. The number of amides is 2. The minimum atomic E-state index is -0.561. The van der Waals surface area contributed by atoms with E-state index in [9.17, 15) is 9.59 Å². The van der Waals surface area contributed by atoms with Gasteiger partial charge < -0.3 is 14.7 Å². The smallest absolute Gasteiger partial charge is 0.253 e. The Labute approximate surface area is 169 Å². The predicted octanol–water partition coefficient (Wildman–Crippen LogP) is 2.53. The van der Waals surface area contributed by atoms with Gasteiger partial charge in [0.2, 0.25) is 17.6 Å². The van der Waals surface area contributed by atoms with Crippen LogP contribution in [-0.4, -0.2) is 51.0 Å². The Morgan fingerprint density at radius 2 is 1.97 bits per heavy atom. The highest BCUT2D eigenvalue weighted by atomic mass is 16.5. The third-order valence-electron chi connectivity index (χ3n) is 6.43. The van der Waals surface area contributed by atoms with Gasteiger partial charge in [-0.25, -0.2) is 0 Å². The van der Waals surface area contributed by atoms with Gasteiger partial charge in [-0.05, 0) is 63.0 Å². The number of piperidine rings is 1. The van der Waals surface area contributed by atoms with Crippen molar-refractivity contribution in [2.75, 3.05) is 13.1 Å². The third kappa shape index (κ3) is 3.75. The maximum atomic E-state index is 12.7. The molecule has 1 aliphatic heterocycles. The molecule has 1 spiro atoms. The molecular weight excluding hydrogens is 370 g/mol. The van der Waals surface area contributed by atoms with Gasteiger partial charge in [-0.2, -0.15) is 4.98 Å². The fourth-order valence-electron chi connectivity index (χ4n) is 3.99. The van der Waals surface area contributed by atoms with Gasteiger partial charge in [0, 0.05) is 25.2 Å².